The van der Waals surface area contributed by atoms with Crippen LogP contribution in [0.25, 0.3) is 0 Å². The van der Waals surface area contributed by atoms with Crippen LogP contribution in [-0.2, 0) is 9.47 Å². The van der Waals surface area contributed by atoms with E-state index in [0.717, 1.165) is 0 Å². The Hall–Kier alpha value is -0.180. The zero-order chi connectivity index (χ0) is 10.1. The second-order valence-corrected chi connectivity index (χ2v) is 4.84. The quantitative estimate of drug-likeness (QED) is 0.699. The number of thioether (sulfide) groups is 1. The number of nitrogens with zero attached hydrogens (tertiary/aromatic N) is 4. The molecule has 0 radical (unpaired) electrons. The molecule has 8 heteroatoms. The van der Waals surface area contributed by atoms with Crippen LogP contribution >= 0.6 is 23.7 Å². The normalized spacial score (nSPS) is 41.0. The van der Waals surface area contributed by atoms with Gasteiger partial charge in [0.1, 0.15) is 12.4 Å². The second kappa shape index (κ2) is 3.76. The highest BCUT2D eigenvalue weighted by Crippen LogP contribution is 2.52. The van der Waals surface area contributed by atoms with Crippen molar-refractivity contribution in [3.63, 3.8) is 0 Å². The maximum absolute atomic E-state index is 5.45. The monoisotopic (exact) mass is 234 g/mol. The van der Waals surface area contributed by atoms with Crippen molar-refractivity contribution in [2.75, 3.05) is 26.6 Å². The Morgan fingerprint density at radius 3 is 2.50 bits per heavy atom. The van der Waals surface area contributed by atoms with Crippen LogP contribution in [0.15, 0.2) is 19.9 Å². The van der Waals surface area contributed by atoms with Crippen LogP contribution in [0.1, 0.15) is 0 Å². The van der Waals surface area contributed by atoms with Gasteiger partial charge in [0, 0.05) is 26.2 Å². The molecule has 78 valence electrons. The number of methoxy groups -OCH3 is 2. The summed E-state index contributed by atoms with van der Waals surface area (Å²) in [6.45, 7) is 0.439. The zero-order valence-electron chi connectivity index (χ0n) is 7.84. The Labute approximate surface area is 90.1 Å². The number of hydrogen-bond acceptors (Lipinski definition) is 8. The van der Waals surface area contributed by atoms with Gasteiger partial charge in [-0.15, -0.1) is 9.63 Å². The molecule has 0 aromatic rings. The number of ether oxygens (including phenoxy) is 2. The van der Waals surface area contributed by atoms with Gasteiger partial charge in [0.15, 0.2) is 0 Å². The molecule has 0 unspecified atom stereocenters. The van der Waals surface area contributed by atoms with Crippen LogP contribution in [-0.4, -0.2) is 36.6 Å². The molecule has 0 bridgehead atoms. The summed E-state index contributed by atoms with van der Waals surface area (Å²) in [7, 11) is 3.20. The van der Waals surface area contributed by atoms with Crippen LogP contribution in [0.5, 0.6) is 0 Å². The highest BCUT2D eigenvalue weighted by atomic mass is 32.2. The molecule has 0 N–H and O–H groups in total. The van der Waals surface area contributed by atoms with Gasteiger partial charge >= 0.3 is 0 Å². The Morgan fingerprint density at radius 2 is 2.07 bits per heavy atom. The van der Waals surface area contributed by atoms with Gasteiger partial charge in [-0.2, -0.15) is 10.2 Å². The van der Waals surface area contributed by atoms with Gasteiger partial charge in [0.2, 0.25) is 4.93 Å². The average Bonchev–Trinajstić information content (AvgIpc) is 2.88. The molecule has 2 rings (SSSR count). The molecule has 0 fully saturated rings. The summed E-state index contributed by atoms with van der Waals surface area (Å²) >= 11 is 2.74. The summed E-state index contributed by atoms with van der Waals surface area (Å²) < 4.78 is 14.7. The summed E-state index contributed by atoms with van der Waals surface area (Å²) in [5.74, 6) is 0.583. The molecule has 0 aromatic carbocycles. The summed E-state index contributed by atoms with van der Waals surface area (Å²) in [4.78, 5) is -0.674. The van der Waals surface area contributed by atoms with E-state index in [0.29, 0.717) is 12.4 Å². The van der Waals surface area contributed by atoms with E-state index < -0.39 is 9.99 Å². The lowest BCUT2D eigenvalue weighted by molar-refractivity contribution is -0.0699. The Morgan fingerprint density at radius 1 is 1.21 bits per heavy atom. The minimum absolute atomic E-state index is 0.439. The smallest absolute Gasteiger partial charge is 0.270 e. The van der Waals surface area contributed by atoms with Gasteiger partial charge in [-0.05, 0) is 0 Å². The molecule has 0 aliphatic carbocycles. The molecule has 0 amide bonds. The molecule has 0 spiro atoms. The van der Waals surface area contributed by atoms with Crippen LogP contribution in [0, 0.1) is 0 Å². The van der Waals surface area contributed by atoms with Crippen molar-refractivity contribution in [1.82, 2.24) is 0 Å². The standard InChI is InChI=1S/C6H10N4O2S2/c1-11-5(3-7-10-14-5)6(12-2)9-8-4-13-6/h3-4H2,1-2H3/t5-,6-/m0/s1. The van der Waals surface area contributed by atoms with Crippen molar-refractivity contribution in [3.05, 3.63) is 0 Å². The summed E-state index contributed by atoms with van der Waals surface area (Å²) in [5, 5.41) is 11.1. The Balaban J connectivity index is 2.29. The van der Waals surface area contributed by atoms with E-state index in [1.807, 2.05) is 0 Å². The van der Waals surface area contributed by atoms with Gasteiger partial charge in [-0.3, -0.25) is 0 Å². The van der Waals surface area contributed by atoms with Crippen LogP contribution < -0.4 is 0 Å². The zero-order valence-corrected chi connectivity index (χ0v) is 9.47. The molecular weight excluding hydrogens is 224 g/mol. The van der Waals surface area contributed by atoms with E-state index in [1.165, 1.54) is 23.7 Å². The van der Waals surface area contributed by atoms with Gasteiger partial charge in [0.25, 0.3) is 5.06 Å². The van der Waals surface area contributed by atoms with Gasteiger partial charge in [-0.1, -0.05) is 11.8 Å². The highest BCUT2D eigenvalue weighted by molar-refractivity contribution is 8.04. The largest absolute Gasteiger partial charge is 0.358 e. The average molecular weight is 234 g/mol. The summed E-state index contributed by atoms with van der Waals surface area (Å²) in [6, 6.07) is 0. The van der Waals surface area contributed by atoms with E-state index in [1.54, 1.807) is 14.2 Å². The first-order chi connectivity index (χ1) is 6.79. The van der Waals surface area contributed by atoms with Crippen LogP contribution in [0.4, 0.5) is 0 Å². The lowest BCUT2D eigenvalue weighted by Gasteiger charge is -2.36. The SMILES string of the molecule is CO[C@@]1([C@@]2(OC)N=NCS2)CN=NS1. The third kappa shape index (κ3) is 1.28. The van der Waals surface area contributed by atoms with E-state index >= 15 is 0 Å². The Kier molecular flexibility index (Phi) is 2.78. The lowest BCUT2D eigenvalue weighted by Crippen LogP contribution is -2.50. The van der Waals surface area contributed by atoms with Crippen molar-refractivity contribution >= 4 is 23.7 Å². The van der Waals surface area contributed by atoms with E-state index in [-0.39, 0.29) is 0 Å². The predicted molar refractivity (Wildman–Crippen MR) is 54.1 cm³/mol. The first-order valence-corrected chi connectivity index (χ1v) is 5.72. The fraction of sp³-hybridized carbons (Fsp3) is 1.00. The molecule has 2 aliphatic heterocycles. The maximum Gasteiger partial charge on any atom is 0.270 e. The van der Waals surface area contributed by atoms with Crippen molar-refractivity contribution in [2.24, 2.45) is 19.9 Å². The topological polar surface area (TPSA) is 67.9 Å². The van der Waals surface area contributed by atoms with Gasteiger partial charge in [0.05, 0.1) is 0 Å². The van der Waals surface area contributed by atoms with E-state index in [9.17, 15) is 0 Å². The molecule has 2 aliphatic rings. The van der Waals surface area contributed by atoms with Gasteiger partial charge in [-0.25, -0.2) is 0 Å². The molecule has 6 nitrogen and oxygen atoms in total. The molecule has 14 heavy (non-hydrogen) atoms. The van der Waals surface area contributed by atoms with Crippen molar-refractivity contribution in [2.45, 2.75) is 9.99 Å². The first-order valence-electron chi connectivity index (χ1n) is 3.96. The van der Waals surface area contributed by atoms with Crippen molar-refractivity contribution < 1.29 is 9.47 Å². The minimum Gasteiger partial charge on any atom is -0.358 e. The van der Waals surface area contributed by atoms with Crippen molar-refractivity contribution in [1.29, 1.82) is 0 Å². The highest BCUT2D eigenvalue weighted by Gasteiger charge is 2.59. The maximum atomic E-state index is 5.45. The minimum atomic E-state index is -0.810. The van der Waals surface area contributed by atoms with E-state index in [2.05, 4.69) is 19.9 Å². The van der Waals surface area contributed by atoms with Crippen LogP contribution in [0.2, 0.25) is 0 Å². The summed E-state index contributed by atoms with van der Waals surface area (Å²) in [6.07, 6.45) is 0. The fourth-order valence-corrected chi connectivity index (χ4v) is 3.20. The molecule has 0 saturated heterocycles. The van der Waals surface area contributed by atoms with Gasteiger partial charge < -0.3 is 9.47 Å². The third-order valence-electron chi connectivity index (χ3n) is 2.13. The van der Waals surface area contributed by atoms with Crippen LogP contribution in [0.3, 0.4) is 0 Å². The fourth-order valence-electron chi connectivity index (χ4n) is 1.34. The van der Waals surface area contributed by atoms with Crippen molar-refractivity contribution in [3.8, 4) is 0 Å². The predicted octanol–water partition coefficient (Wildman–Crippen LogP) is 1.90. The third-order valence-corrected chi connectivity index (χ3v) is 4.54. The van der Waals surface area contributed by atoms with E-state index in [4.69, 9.17) is 9.47 Å². The molecule has 0 aromatic heterocycles. The molecule has 0 saturated carbocycles. The number of hydrogen-bond donors (Lipinski definition) is 0. The Bertz CT molecular complexity index is 277. The second-order valence-electron chi connectivity index (χ2n) is 2.73. The molecule has 2 atom stereocenters. The summed E-state index contributed by atoms with van der Waals surface area (Å²) in [5.41, 5.74) is 0. The first kappa shape index (κ1) is 10.3. The lowest BCUT2D eigenvalue weighted by atomic mass is 10.3. The number of rotatable bonds is 3. The molecular formula is C6H10N4O2S2. The number of azo groups is 1. The molecule has 2 heterocycles.